The number of aromatic nitrogens is 4. The van der Waals surface area contributed by atoms with Crippen LogP contribution in [0.15, 0.2) is 58.7 Å². The summed E-state index contributed by atoms with van der Waals surface area (Å²) >= 11 is 3.64. The van der Waals surface area contributed by atoms with E-state index < -0.39 is 0 Å². The van der Waals surface area contributed by atoms with Crippen LogP contribution in [0.1, 0.15) is 116 Å². The molecule has 0 spiro atoms. The number of aliphatic imine (C=N–C) groups is 1. The number of hydrogen-bond acceptors (Lipinski definition) is 7. The second-order valence-electron chi connectivity index (χ2n) is 13.7. The second kappa shape index (κ2) is 22.4. The molecule has 3 aromatic rings. The first-order valence-corrected chi connectivity index (χ1v) is 20.0. The highest BCUT2D eigenvalue weighted by Gasteiger charge is 2.36. The Balaban J connectivity index is 1.26. The molecule has 1 saturated heterocycles. The normalized spacial score (nSPS) is 15.1. The number of rotatable bonds is 23. The maximum absolute atomic E-state index is 14.2. The standard InChI is InChI=1S/C40H58BrN7O3/c1-4-6-7-8-9-10-11-12-13-14-15-16-17-18-19-20-36(49)51-29-31(27-32-28-42-30-47(32)3)33(5-2)39(50)48-26-25-45-40(48)46-34-21-22-35-38(37(34)41)44-24-23-43-35/h12-13,21-24,28,30-31,33H,4-11,14-20,25-27,29H2,1-3H3,(H,45,46)/b13-12-/t31?,33-/m0/s1. The summed E-state index contributed by atoms with van der Waals surface area (Å²) < 4.78 is 8.56. The third-order valence-corrected chi connectivity index (χ3v) is 10.5. The number of amides is 1. The predicted octanol–water partition coefficient (Wildman–Crippen LogP) is 9.01. The van der Waals surface area contributed by atoms with Gasteiger partial charge in [-0.1, -0.05) is 77.4 Å². The topological polar surface area (TPSA) is 115 Å². The first-order valence-electron chi connectivity index (χ1n) is 19.2. The average Bonchev–Trinajstić information content (AvgIpc) is 3.78. The van der Waals surface area contributed by atoms with Gasteiger partial charge in [-0.05, 0) is 73.0 Å². The van der Waals surface area contributed by atoms with Crippen LogP contribution in [0.5, 0.6) is 0 Å². The zero-order chi connectivity index (χ0) is 36.3. The average molecular weight is 765 g/mol. The molecule has 1 aromatic carbocycles. The van der Waals surface area contributed by atoms with Gasteiger partial charge in [-0.15, -0.1) is 0 Å². The Labute approximate surface area is 313 Å². The zero-order valence-corrected chi connectivity index (χ0v) is 32.6. The largest absolute Gasteiger partial charge is 0.465 e. The maximum Gasteiger partial charge on any atom is 0.305 e. The Bertz CT molecular complexity index is 1570. The van der Waals surface area contributed by atoms with Crippen LogP contribution in [0.2, 0.25) is 0 Å². The number of allylic oxidation sites excluding steroid dienone is 2. The molecule has 1 N–H and O–H groups in total. The molecule has 51 heavy (non-hydrogen) atoms. The number of aryl methyl sites for hydroxylation is 1. The summed E-state index contributed by atoms with van der Waals surface area (Å²) in [4.78, 5) is 46.7. The number of halogens is 1. The number of hydrogen-bond donors (Lipinski definition) is 1. The van der Waals surface area contributed by atoms with E-state index in [2.05, 4.69) is 55.3 Å². The van der Waals surface area contributed by atoms with Crippen LogP contribution in [-0.4, -0.2) is 62.0 Å². The third kappa shape index (κ3) is 12.8. The molecule has 11 heteroatoms. The van der Waals surface area contributed by atoms with Crippen molar-refractivity contribution >= 4 is 50.5 Å². The van der Waals surface area contributed by atoms with E-state index in [1.165, 1.54) is 57.8 Å². The molecule has 278 valence electrons. The fraction of sp³-hybridized carbons (Fsp3) is 0.600. The van der Waals surface area contributed by atoms with Crippen molar-refractivity contribution in [2.75, 3.05) is 19.7 Å². The Morgan fingerprint density at radius 2 is 1.69 bits per heavy atom. The molecular weight excluding hydrogens is 706 g/mol. The van der Waals surface area contributed by atoms with Gasteiger partial charge in [0.15, 0.2) is 0 Å². The van der Waals surface area contributed by atoms with Crippen molar-refractivity contribution in [2.24, 2.45) is 23.9 Å². The van der Waals surface area contributed by atoms with Crippen LogP contribution in [0.3, 0.4) is 0 Å². The number of ether oxygens (including phenoxy) is 1. The quantitative estimate of drug-likeness (QED) is 0.0583. The fourth-order valence-corrected chi connectivity index (χ4v) is 7.20. The van der Waals surface area contributed by atoms with Gasteiger partial charge in [0.05, 0.1) is 28.6 Å². The number of benzene rings is 1. The Morgan fingerprint density at radius 3 is 2.39 bits per heavy atom. The van der Waals surface area contributed by atoms with Gasteiger partial charge in [0.25, 0.3) is 0 Å². The summed E-state index contributed by atoms with van der Waals surface area (Å²) in [6, 6.07) is 3.74. The van der Waals surface area contributed by atoms with E-state index in [4.69, 9.17) is 9.73 Å². The lowest BCUT2D eigenvalue weighted by atomic mass is 9.85. The highest BCUT2D eigenvalue weighted by atomic mass is 79.9. The molecule has 10 nitrogen and oxygen atoms in total. The predicted molar refractivity (Wildman–Crippen MR) is 209 cm³/mol. The highest BCUT2D eigenvalue weighted by Crippen LogP contribution is 2.32. The Morgan fingerprint density at radius 1 is 0.980 bits per heavy atom. The third-order valence-electron chi connectivity index (χ3n) is 9.74. The molecule has 1 unspecified atom stereocenters. The van der Waals surface area contributed by atoms with E-state index >= 15 is 0 Å². The lowest BCUT2D eigenvalue weighted by Gasteiger charge is -2.29. The number of carbonyl (C=O) groups excluding carboxylic acids is 2. The molecule has 4 rings (SSSR count). The number of guanidine groups is 1. The van der Waals surface area contributed by atoms with Crippen LogP contribution in [0, 0.1) is 11.8 Å². The molecule has 1 aliphatic rings. The maximum atomic E-state index is 14.2. The molecule has 1 amide bonds. The van der Waals surface area contributed by atoms with Crippen LogP contribution in [0.25, 0.3) is 11.0 Å². The van der Waals surface area contributed by atoms with Crippen molar-refractivity contribution in [2.45, 2.75) is 117 Å². The molecule has 2 aromatic heterocycles. The Kier molecular flexibility index (Phi) is 17.6. The molecule has 2 atom stereocenters. The van der Waals surface area contributed by atoms with Crippen molar-refractivity contribution in [3.05, 3.63) is 59.4 Å². The van der Waals surface area contributed by atoms with E-state index in [-0.39, 0.29) is 30.3 Å². The molecule has 0 saturated carbocycles. The fourth-order valence-electron chi connectivity index (χ4n) is 6.68. The smallest absolute Gasteiger partial charge is 0.305 e. The van der Waals surface area contributed by atoms with Crippen molar-refractivity contribution in [3.63, 3.8) is 0 Å². The van der Waals surface area contributed by atoms with Crippen molar-refractivity contribution in [3.8, 4) is 0 Å². The van der Waals surface area contributed by atoms with Gasteiger partial charge < -0.3 is 14.6 Å². The SMILES string of the molecule is CCCCCCCC/C=C\CCCCCCCC(=O)OCC(Cc1cncn1C)[C@H](CC)C(=O)N1CCN/C1=N/c1ccc2nccnc2c1Br. The minimum Gasteiger partial charge on any atom is -0.465 e. The summed E-state index contributed by atoms with van der Waals surface area (Å²) in [7, 11) is 1.95. The van der Waals surface area contributed by atoms with Crippen LogP contribution in [0.4, 0.5) is 5.69 Å². The van der Waals surface area contributed by atoms with Crippen LogP contribution < -0.4 is 5.32 Å². The van der Waals surface area contributed by atoms with Crippen LogP contribution >= 0.6 is 15.9 Å². The van der Waals surface area contributed by atoms with Crippen LogP contribution in [-0.2, 0) is 27.8 Å². The minimum atomic E-state index is -0.372. The number of unbranched alkanes of at least 4 members (excludes halogenated alkanes) is 11. The van der Waals surface area contributed by atoms with Crippen molar-refractivity contribution < 1.29 is 14.3 Å². The van der Waals surface area contributed by atoms with Gasteiger partial charge in [-0.2, -0.15) is 0 Å². The molecule has 1 aliphatic heterocycles. The molecule has 1 fully saturated rings. The number of carbonyl (C=O) groups is 2. The molecule has 3 heterocycles. The number of esters is 1. The molecule has 0 aliphatic carbocycles. The Hall–Kier alpha value is -3.60. The van der Waals surface area contributed by atoms with Gasteiger partial charge in [0, 0.05) is 62.7 Å². The first kappa shape index (κ1) is 40.2. The number of fused-ring (bicyclic) bond motifs is 1. The minimum absolute atomic E-state index is 0.0292. The van der Waals surface area contributed by atoms with E-state index in [9.17, 15) is 9.59 Å². The molecule has 0 bridgehead atoms. The van der Waals surface area contributed by atoms with E-state index in [0.29, 0.717) is 49.5 Å². The van der Waals surface area contributed by atoms with Gasteiger partial charge in [0.1, 0.15) is 5.52 Å². The monoisotopic (exact) mass is 763 g/mol. The van der Waals surface area contributed by atoms with Gasteiger partial charge in [-0.25, -0.2) is 9.98 Å². The van der Waals surface area contributed by atoms with E-state index in [1.54, 1.807) is 23.6 Å². The highest BCUT2D eigenvalue weighted by molar-refractivity contribution is 9.10. The van der Waals surface area contributed by atoms with E-state index in [0.717, 1.165) is 41.4 Å². The number of nitrogens with one attached hydrogen (secondary N) is 1. The zero-order valence-electron chi connectivity index (χ0n) is 31.0. The van der Waals surface area contributed by atoms with Crippen molar-refractivity contribution in [1.82, 2.24) is 29.7 Å². The van der Waals surface area contributed by atoms with Crippen molar-refractivity contribution in [1.29, 1.82) is 0 Å². The molecular formula is C40H58BrN7O3. The van der Waals surface area contributed by atoms with Gasteiger partial charge >= 0.3 is 5.97 Å². The molecule has 0 radical (unpaired) electrons. The lowest BCUT2D eigenvalue weighted by Crippen LogP contribution is -2.43. The summed E-state index contributed by atoms with van der Waals surface area (Å²) in [5.41, 5.74) is 3.13. The van der Waals surface area contributed by atoms with E-state index in [1.807, 2.05) is 36.9 Å². The number of imidazole rings is 1. The number of nitrogens with zero attached hydrogens (tertiary/aromatic N) is 6. The second-order valence-corrected chi connectivity index (χ2v) is 14.5. The lowest BCUT2D eigenvalue weighted by molar-refractivity contribution is -0.148. The summed E-state index contributed by atoms with van der Waals surface area (Å²) in [6.07, 6.45) is 28.9. The summed E-state index contributed by atoms with van der Waals surface area (Å²) in [6.45, 7) is 5.57. The van der Waals surface area contributed by atoms with Gasteiger partial charge in [0.2, 0.25) is 11.9 Å². The van der Waals surface area contributed by atoms with Gasteiger partial charge in [-0.3, -0.25) is 24.5 Å². The first-order chi connectivity index (χ1) is 24.9. The summed E-state index contributed by atoms with van der Waals surface area (Å²) in [5.74, 6) is -0.301. The summed E-state index contributed by atoms with van der Waals surface area (Å²) in [5, 5.41) is 3.29.